The summed E-state index contributed by atoms with van der Waals surface area (Å²) in [7, 11) is 1.88. The van der Waals surface area contributed by atoms with E-state index in [1.807, 2.05) is 43.7 Å². The number of aromatic nitrogens is 3. The molecule has 0 saturated carbocycles. The van der Waals surface area contributed by atoms with Gasteiger partial charge in [0.15, 0.2) is 11.8 Å². The number of imidazole rings is 1. The molecule has 0 aliphatic carbocycles. The Hall–Kier alpha value is -2.86. The molecule has 0 atom stereocenters. The zero-order chi connectivity index (χ0) is 18.8. The van der Waals surface area contributed by atoms with Gasteiger partial charge in [0, 0.05) is 36.3 Å². The van der Waals surface area contributed by atoms with E-state index in [4.69, 9.17) is 16.3 Å². The van der Waals surface area contributed by atoms with Crippen LogP contribution in [0.4, 0.5) is 0 Å². The highest BCUT2D eigenvalue weighted by Crippen LogP contribution is 2.19. The minimum absolute atomic E-state index is 0.235. The molecular formula is C19H18ClN3O3. The highest BCUT2D eigenvalue weighted by molar-refractivity contribution is 6.31. The monoisotopic (exact) mass is 371 g/mol. The van der Waals surface area contributed by atoms with Gasteiger partial charge in [0.1, 0.15) is 5.65 Å². The van der Waals surface area contributed by atoms with Crippen molar-refractivity contribution in [3.05, 3.63) is 64.3 Å². The molecule has 0 amide bonds. The van der Waals surface area contributed by atoms with Crippen molar-refractivity contribution in [3.63, 3.8) is 0 Å². The number of pyridine rings is 1. The van der Waals surface area contributed by atoms with Gasteiger partial charge in [0.2, 0.25) is 5.78 Å². The molecule has 0 bridgehead atoms. The molecule has 0 N–H and O–H groups in total. The Kier molecular flexibility index (Phi) is 4.95. The lowest BCUT2D eigenvalue weighted by Crippen LogP contribution is -2.13. The number of hydrogen-bond donors (Lipinski definition) is 0. The SMILES string of the molecule is Cc1cc(C(=O)COC(=O)/C=C/c2c(Cl)nc3ccccn23)c(C)n1C. The molecule has 0 unspecified atom stereocenters. The van der Waals surface area contributed by atoms with E-state index >= 15 is 0 Å². The van der Waals surface area contributed by atoms with Gasteiger partial charge in [-0.15, -0.1) is 0 Å². The summed E-state index contributed by atoms with van der Waals surface area (Å²) in [6.07, 6.45) is 4.55. The predicted octanol–water partition coefficient (Wildman–Crippen LogP) is 3.38. The molecule has 0 aliphatic heterocycles. The maximum Gasteiger partial charge on any atom is 0.331 e. The van der Waals surface area contributed by atoms with Gasteiger partial charge in [0.25, 0.3) is 0 Å². The Morgan fingerprint density at radius 2 is 2.08 bits per heavy atom. The molecule has 3 aromatic heterocycles. The zero-order valence-corrected chi connectivity index (χ0v) is 15.4. The molecule has 3 rings (SSSR count). The van der Waals surface area contributed by atoms with Crippen molar-refractivity contribution in [1.82, 2.24) is 14.0 Å². The fourth-order valence-electron chi connectivity index (χ4n) is 2.68. The van der Waals surface area contributed by atoms with Gasteiger partial charge in [-0.3, -0.25) is 9.20 Å². The molecule has 0 aromatic carbocycles. The quantitative estimate of drug-likeness (QED) is 0.392. The zero-order valence-electron chi connectivity index (χ0n) is 14.7. The van der Waals surface area contributed by atoms with Gasteiger partial charge in [-0.2, -0.15) is 0 Å². The number of carbonyl (C=O) groups excluding carboxylic acids is 2. The number of esters is 1. The smallest absolute Gasteiger partial charge is 0.331 e. The molecule has 134 valence electrons. The maximum atomic E-state index is 12.2. The van der Waals surface area contributed by atoms with Crippen LogP contribution in [0.25, 0.3) is 11.7 Å². The number of hydrogen-bond acceptors (Lipinski definition) is 4. The maximum absolute atomic E-state index is 12.2. The van der Waals surface area contributed by atoms with Gasteiger partial charge in [-0.1, -0.05) is 17.7 Å². The first kappa shape index (κ1) is 17.9. The summed E-state index contributed by atoms with van der Waals surface area (Å²) in [4.78, 5) is 28.4. The molecule has 0 radical (unpaired) electrons. The summed E-state index contributed by atoms with van der Waals surface area (Å²) in [6, 6.07) is 7.28. The molecule has 0 saturated heterocycles. The lowest BCUT2D eigenvalue weighted by atomic mass is 10.1. The third kappa shape index (κ3) is 3.41. The van der Waals surface area contributed by atoms with Crippen LogP contribution in [-0.4, -0.2) is 32.3 Å². The van der Waals surface area contributed by atoms with Gasteiger partial charge < -0.3 is 9.30 Å². The van der Waals surface area contributed by atoms with E-state index in [0.29, 0.717) is 16.9 Å². The van der Waals surface area contributed by atoms with Crippen LogP contribution in [0.3, 0.4) is 0 Å². The largest absolute Gasteiger partial charge is 0.454 e. The van der Waals surface area contributed by atoms with Crippen LogP contribution < -0.4 is 0 Å². The van der Waals surface area contributed by atoms with Crippen molar-refractivity contribution in [3.8, 4) is 0 Å². The molecule has 0 fully saturated rings. The van der Waals surface area contributed by atoms with Crippen LogP contribution >= 0.6 is 11.6 Å². The van der Waals surface area contributed by atoms with Crippen LogP contribution in [0, 0.1) is 13.8 Å². The second-order valence-corrected chi connectivity index (χ2v) is 6.28. The Balaban J connectivity index is 1.67. The standard InChI is InChI=1S/C19H18ClN3O3/c1-12-10-14(13(2)22(12)3)16(24)11-26-18(25)8-7-15-19(20)21-17-6-4-5-9-23(15)17/h4-10H,11H2,1-3H3/b8-7+. The fraction of sp³-hybridized carbons (Fsp3) is 0.211. The van der Waals surface area contributed by atoms with E-state index in [9.17, 15) is 9.59 Å². The molecule has 0 spiro atoms. The number of carbonyl (C=O) groups is 2. The highest BCUT2D eigenvalue weighted by Gasteiger charge is 2.15. The summed E-state index contributed by atoms with van der Waals surface area (Å²) in [6.45, 7) is 3.46. The summed E-state index contributed by atoms with van der Waals surface area (Å²) >= 11 is 6.10. The number of nitrogens with zero attached hydrogens (tertiary/aromatic N) is 3. The molecule has 3 heterocycles. The summed E-state index contributed by atoms with van der Waals surface area (Å²) in [5.74, 6) is -0.855. The summed E-state index contributed by atoms with van der Waals surface area (Å²) in [5, 5.41) is 0.284. The number of rotatable bonds is 5. The second-order valence-electron chi connectivity index (χ2n) is 5.92. The van der Waals surface area contributed by atoms with Gasteiger partial charge in [-0.05, 0) is 38.1 Å². The van der Waals surface area contributed by atoms with E-state index < -0.39 is 5.97 Å². The number of aryl methyl sites for hydroxylation is 1. The first-order valence-electron chi connectivity index (χ1n) is 8.02. The minimum Gasteiger partial charge on any atom is -0.454 e. The Labute approximate surface area is 155 Å². The number of fused-ring (bicyclic) bond motifs is 1. The summed E-state index contributed by atoms with van der Waals surface area (Å²) in [5.41, 5.74) is 3.62. The van der Waals surface area contributed by atoms with Crippen molar-refractivity contribution in [2.75, 3.05) is 6.61 Å². The van der Waals surface area contributed by atoms with Crippen LogP contribution in [0.2, 0.25) is 5.15 Å². The van der Waals surface area contributed by atoms with Crippen molar-refractivity contribution >= 4 is 35.1 Å². The number of ketones is 1. The average molecular weight is 372 g/mol. The molecule has 26 heavy (non-hydrogen) atoms. The first-order valence-corrected chi connectivity index (χ1v) is 8.40. The number of halogens is 1. The van der Waals surface area contributed by atoms with Crippen molar-refractivity contribution in [2.24, 2.45) is 7.05 Å². The highest BCUT2D eigenvalue weighted by atomic mass is 35.5. The van der Waals surface area contributed by atoms with Crippen molar-refractivity contribution in [2.45, 2.75) is 13.8 Å². The molecule has 6 nitrogen and oxygen atoms in total. The fourth-order valence-corrected chi connectivity index (χ4v) is 2.92. The topological polar surface area (TPSA) is 65.6 Å². The van der Waals surface area contributed by atoms with Crippen LogP contribution in [0.15, 0.2) is 36.5 Å². The van der Waals surface area contributed by atoms with E-state index in [1.165, 1.54) is 12.2 Å². The predicted molar refractivity (Wildman–Crippen MR) is 99.4 cm³/mol. The molecule has 0 aliphatic rings. The molecule has 3 aromatic rings. The summed E-state index contributed by atoms with van der Waals surface area (Å²) < 4.78 is 8.73. The van der Waals surface area contributed by atoms with Crippen LogP contribution in [0.5, 0.6) is 0 Å². The van der Waals surface area contributed by atoms with E-state index in [0.717, 1.165) is 11.4 Å². The van der Waals surface area contributed by atoms with Crippen LogP contribution in [-0.2, 0) is 16.6 Å². The molecule has 7 heteroatoms. The molecular weight excluding hydrogens is 354 g/mol. The Morgan fingerprint density at radius 3 is 2.77 bits per heavy atom. The number of ether oxygens (including phenoxy) is 1. The van der Waals surface area contributed by atoms with E-state index in [1.54, 1.807) is 16.7 Å². The Bertz CT molecular complexity index is 1030. The van der Waals surface area contributed by atoms with Gasteiger partial charge in [0.05, 0.1) is 5.69 Å². The lowest BCUT2D eigenvalue weighted by molar-refractivity contribution is -0.136. The van der Waals surface area contributed by atoms with E-state index in [2.05, 4.69) is 4.98 Å². The number of Topliss-reactive ketones (excluding diaryl/α,β-unsaturated/α-hetero) is 1. The van der Waals surface area contributed by atoms with Gasteiger partial charge in [-0.25, -0.2) is 9.78 Å². The van der Waals surface area contributed by atoms with Crippen LogP contribution in [0.1, 0.15) is 27.4 Å². The van der Waals surface area contributed by atoms with Crippen molar-refractivity contribution < 1.29 is 14.3 Å². The van der Waals surface area contributed by atoms with E-state index in [-0.39, 0.29) is 17.5 Å². The van der Waals surface area contributed by atoms with Gasteiger partial charge >= 0.3 is 5.97 Å². The Morgan fingerprint density at radius 1 is 1.31 bits per heavy atom. The normalized spacial score (nSPS) is 11.4. The third-order valence-electron chi connectivity index (χ3n) is 4.32. The first-order chi connectivity index (χ1) is 12.4. The minimum atomic E-state index is -0.620. The average Bonchev–Trinajstić information content (AvgIpc) is 3.08. The van der Waals surface area contributed by atoms with Crippen molar-refractivity contribution in [1.29, 1.82) is 0 Å². The second kappa shape index (κ2) is 7.17. The lowest BCUT2D eigenvalue weighted by Gasteiger charge is -2.03. The third-order valence-corrected chi connectivity index (χ3v) is 4.60.